The number of hydrogen-bond donors (Lipinski definition) is 0. The van der Waals surface area contributed by atoms with Crippen LogP contribution < -0.4 is 4.74 Å². The Bertz CT molecular complexity index is 1130. The molecule has 1 aliphatic rings. The number of carbonyl (C=O) groups is 2. The van der Waals surface area contributed by atoms with Gasteiger partial charge in [-0.25, -0.2) is 9.40 Å². The van der Waals surface area contributed by atoms with Crippen LogP contribution in [0.4, 0.5) is 4.39 Å². The summed E-state index contributed by atoms with van der Waals surface area (Å²) in [6.45, 7) is -0.184. The molecule has 0 bridgehead atoms. The smallest absolute Gasteiger partial charge is 0.289 e. The van der Waals surface area contributed by atoms with E-state index in [1.165, 1.54) is 35.4 Å². The summed E-state index contributed by atoms with van der Waals surface area (Å²) in [5, 5.41) is 5.95. The summed E-state index contributed by atoms with van der Waals surface area (Å²) in [4.78, 5) is 26.9. The first-order valence-electron chi connectivity index (χ1n) is 10.0. The number of ether oxygens (including phenoxy) is 1. The van der Waals surface area contributed by atoms with Gasteiger partial charge in [0, 0.05) is 13.5 Å². The number of benzene rings is 2. The monoisotopic (exact) mass is 435 g/mol. The van der Waals surface area contributed by atoms with Crippen molar-refractivity contribution in [3.05, 3.63) is 89.6 Å². The molecule has 7 nitrogen and oxygen atoms in total. The van der Waals surface area contributed by atoms with Crippen LogP contribution in [0.25, 0.3) is 0 Å². The van der Waals surface area contributed by atoms with Gasteiger partial charge in [0.05, 0.1) is 25.1 Å². The van der Waals surface area contributed by atoms with E-state index in [1.54, 1.807) is 31.4 Å². The molecular weight excluding hydrogens is 413 g/mol. The molecule has 0 spiro atoms. The number of halogens is 1. The van der Waals surface area contributed by atoms with E-state index in [9.17, 15) is 14.0 Å². The molecule has 3 aromatic rings. The third-order valence-electron chi connectivity index (χ3n) is 5.30. The Labute approximate surface area is 184 Å². The van der Waals surface area contributed by atoms with Crippen LogP contribution in [0.5, 0.6) is 5.75 Å². The van der Waals surface area contributed by atoms with Crippen LogP contribution in [0.3, 0.4) is 0 Å². The second-order valence-corrected chi connectivity index (χ2v) is 7.42. The average Bonchev–Trinajstić information content (AvgIpc) is 3.50. The highest BCUT2D eigenvalue weighted by Gasteiger charge is 2.34. The van der Waals surface area contributed by atoms with Crippen molar-refractivity contribution in [2.75, 3.05) is 20.7 Å². The minimum Gasteiger partial charge on any atom is -0.497 e. The van der Waals surface area contributed by atoms with E-state index in [4.69, 9.17) is 9.15 Å². The second kappa shape index (κ2) is 9.05. The molecule has 0 saturated carbocycles. The number of hydrogen-bond acceptors (Lipinski definition) is 5. The Kier molecular flexibility index (Phi) is 6.02. The maximum atomic E-state index is 13.5. The Balaban J connectivity index is 1.59. The fourth-order valence-corrected chi connectivity index (χ4v) is 3.58. The summed E-state index contributed by atoms with van der Waals surface area (Å²) in [6.07, 6.45) is 1.86. The van der Waals surface area contributed by atoms with Crippen molar-refractivity contribution >= 4 is 17.5 Å². The van der Waals surface area contributed by atoms with Crippen LogP contribution in [-0.4, -0.2) is 48.1 Å². The first-order chi connectivity index (χ1) is 15.5. The number of likely N-dealkylation sites (N-methyl/N-ethyl adjacent to an activating group) is 1. The van der Waals surface area contributed by atoms with E-state index in [1.807, 2.05) is 24.3 Å². The summed E-state index contributed by atoms with van der Waals surface area (Å²) in [6, 6.07) is 16.1. The van der Waals surface area contributed by atoms with Crippen LogP contribution in [0, 0.1) is 5.82 Å². The van der Waals surface area contributed by atoms with E-state index in [0.717, 1.165) is 16.8 Å². The van der Waals surface area contributed by atoms with Gasteiger partial charge in [-0.15, -0.1) is 0 Å². The Morgan fingerprint density at radius 1 is 1.16 bits per heavy atom. The van der Waals surface area contributed by atoms with Crippen molar-refractivity contribution in [1.29, 1.82) is 0 Å². The number of methoxy groups -OCH3 is 1. The Hall–Kier alpha value is -3.94. The molecule has 0 saturated heterocycles. The number of amides is 2. The topological polar surface area (TPSA) is 75.3 Å². The molecule has 8 heteroatoms. The lowest BCUT2D eigenvalue weighted by molar-refractivity contribution is -0.133. The van der Waals surface area contributed by atoms with Gasteiger partial charge >= 0.3 is 0 Å². The fraction of sp³-hybridized carbons (Fsp3) is 0.208. The van der Waals surface area contributed by atoms with Crippen molar-refractivity contribution in [2.45, 2.75) is 12.5 Å². The lowest BCUT2D eigenvalue weighted by Gasteiger charge is -2.24. The van der Waals surface area contributed by atoms with Gasteiger partial charge in [0.1, 0.15) is 18.1 Å². The lowest BCUT2D eigenvalue weighted by atomic mass is 9.98. The van der Waals surface area contributed by atoms with E-state index in [-0.39, 0.29) is 24.0 Å². The van der Waals surface area contributed by atoms with Crippen molar-refractivity contribution in [3.63, 3.8) is 0 Å². The molecule has 1 aliphatic heterocycles. The van der Waals surface area contributed by atoms with E-state index >= 15 is 0 Å². The Morgan fingerprint density at radius 3 is 2.50 bits per heavy atom. The maximum Gasteiger partial charge on any atom is 0.289 e. The van der Waals surface area contributed by atoms with Crippen LogP contribution in [0.1, 0.15) is 34.1 Å². The summed E-state index contributed by atoms with van der Waals surface area (Å²) < 4.78 is 23.8. The van der Waals surface area contributed by atoms with Gasteiger partial charge in [-0.1, -0.05) is 12.1 Å². The largest absolute Gasteiger partial charge is 0.497 e. The number of rotatable bonds is 6. The predicted octanol–water partition coefficient (Wildman–Crippen LogP) is 3.88. The van der Waals surface area contributed by atoms with Crippen molar-refractivity contribution in [1.82, 2.24) is 9.91 Å². The quantitative estimate of drug-likeness (QED) is 0.589. The number of hydrazone groups is 1. The van der Waals surface area contributed by atoms with Gasteiger partial charge in [0.2, 0.25) is 0 Å². The molecule has 1 atom stereocenters. The molecule has 32 heavy (non-hydrogen) atoms. The first-order valence-corrected chi connectivity index (χ1v) is 10.0. The molecule has 2 aromatic carbocycles. The number of nitrogens with zero attached hydrogens (tertiary/aromatic N) is 3. The van der Waals surface area contributed by atoms with Gasteiger partial charge < -0.3 is 14.1 Å². The average molecular weight is 435 g/mol. The van der Waals surface area contributed by atoms with Crippen molar-refractivity contribution in [2.24, 2.45) is 5.10 Å². The minimum atomic E-state index is -0.410. The van der Waals surface area contributed by atoms with Crippen LogP contribution in [-0.2, 0) is 4.79 Å². The highest BCUT2D eigenvalue weighted by Crippen LogP contribution is 2.33. The predicted molar refractivity (Wildman–Crippen MR) is 116 cm³/mol. The summed E-state index contributed by atoms with van der Waals surface area (Å²) in [5.74, 6) is -0.247. The molecular formula is C24H22FN3O4. The molecule has 4 rings (SSSR count). The number of carbonyl (C=O) groups excluding carboxylic acids is 2. The normalized spacial score (nSPS) is 15.4. The molecule has 1 aromatic heterocycles. The number of furan rings is 1. The second-order valence-electron chi connectivity index (χ2n) is 7.42. The minimum absolute atomic E-state index is 0.152. The lowest BCUT2D eigenvalue weighted by Crippen LogP contribution is -2.39. The van der Waals surface area contributed by atoms with Gasteiger partial charge in [0.15, 0.2) is 5.76 Å². The highest BCUT2D eigenvalue weighted by atomic mass is 19.1. The van der Waals surface area contributed by atoms with E-state index < -0.39 is 11.9 Å². The van der Waals surface area contributed by atoms with Gasteiger partial charge in [-0.05, 0) is 59.7 Å². The zero-order valence-electron chi connectivity index (χ0n) is 17.7. The molecule has 0 radical (unpaired) electrons. The van der Waals surface area contributed by atoms with Crippen LogP contribution >= 0.6 is 0 Å². The van der Waals surface area contributed by atoms with Gasteiger partial charge in [-0.3, -0.25) is 9.59 Å². The molecule has 2 amide bonds. The van der Waals surface area contributed by atoms with Crippen LogP contribution in [0.15, 0.2) is 76.4 Å². The summed E-state index contributed by atoms with van der Waals surface area (Å²) >= 11 is 0. The summed E-state index contributed by atoms with van der Waals surface area (Å²) in [7, 11) is 3.12. The van der Waals surface area contributed by atoms with Crippen molar-refractivity contribution in [3.8, 4) is 5.75 Å². The SMILES string of the molecule is COc1ccc(C2=NN(C(=O)CN(C)C(=O)c3ccco3)[C@H](c3ccc(F)cc3)C2)cc1. The first kappa shape index (κ1) is 21.3. The fourth-order valence-electron chi connectivity index (χ4n) is 3.58. The van der Waals surface area contributed by atoms with Gasteiger partial charge in [-0.2, -0.15) is 5.10 Å². The Morgan fingerprint density at radius 2 is 1.88 bits per heavy atom. The third kappa shape index (κ3) is 4.39. The van der Waals surface area contributed by atoms with Crippen LogP contribution in [0.2, 0.25) is 0 Å². The van der Waals surface area contributed by atoms with E-state index in [2.05, 4.69) is 5.10 Å². The summed E-state index contributed by atoms with van der Waals surface area (Å²) in [5.41, 5.74) is 2.33. The molecule has 0 unspecified atom stereocenters. The molecule has 2 heterocycles. The maximum absolute atomic E-state index is 13.5. The molecule has 164 valence electrons. The molecule has 0 fully saturated rings. The standard InChI is InChI=1S/C24H22FN3O4/c1-27(24(30)22-4-3-13-32-22)15-23(29)28-21(17-5-9-18(25)10-6-17)14-20(26-28)16-7-11-19(31-2)12-8-16/h3-13,21H,14-15H2,1-2H3/t21-/m0/s1. The third-order valence-corrected chi connectivity index (χ3v) is 5.30. The van der Waals surface area contributed by atoms with E-state index in [0.29, 0.717) is 12.2 Å². The van der Waals surface area contributed by atoms with Gasteiger partial charge in [0.25, 0.3) is 11.8 Å². The zero-order valence-corrected chi connectivity index (χ0v) is 17.7. The zero-order chi connectivity index (χ0) is 22.7. The molecule has 0 N–H and O–H groups in total. The highest BCUT2D eigenvalue weighted by molar-refractivity contribution is 6.03. The molecule has 0 aliphatic carbocycles. The van der Waals surface area contributed by atoms with Crippen molar-refractivity contribution < 1.29 is 23.1 Å².